The van der Waals surface area contributed by atoms with Gasteiger partial charge in [-0.15, -0.1) is 0 Å². The molecular formula is C15H25N3O4. The molecule has 1 N–H and O–H groups in total. The molecule has 2 atom stereocenters. The highest BCUT2D eigenvalue weighted by Crippen LogP contribution is 2.46. The van der Waals surface area contributed by atoms with E-state index in [1.807, 2.05) is 0 Å². The van der Waals surface area contributed by atoms with Crippen LogP contribution in [0.5, 0.6) is 0 Å². The Kier molecular flexibility index (Phi) is 4.21. The number of hydrogen-bond donors (Lipinski definition) is 1. The van der Waals surface area contributed by atoms with Crippen molar-refractivity contribution in [2.75, 3.05) is 20.7 Å². The number of likely N-dealkylation sites (N-methyl/N-ethyl adjacent to an activating group) is 1. The summed E-state index contributed by atoms with van der Waals surface area (Å²) >= 11 is 0. The van der Waals surface area contributed by atoms with Gasteiger partial charge in [-0.25, -0.2) is 9.86 Å². The average Bonchev–Trinajstić information content (AvgIpc) is 2.59. The zero-order valence-corrected chi connectivity index (χ0v) is 13.9. The third kappa shape index (κ3) is 2.95. The first-order valence-electron chi connectivity index (χ1n) is 7.55. The standard InChI is InChI=1S/C15H25N3O4/c1-10-6-14(2,3)9-15(7-10)12(20)18(13(21)16-15)8-11(19)17(4)22-5/h10H,6-9H2,1-5H3,(H,16,21)/t10-,15-/m0/s1. The molecule has 4 amide bonds. The number of hydrogen-bond acceptors (Lipinski definition) is 4. The maximum absolute atomic E-state index is 12.8. The Balaban J connectivity index is 2.19. The van der Waals surface area contributed by atoms with Crippen molar-refractivity contribution in [1.82, 2.24) is 15.3 Å². The minimum atomic E-state index is -0.871. The molecule has 124 valence electrons. The Morgan fingerprint density at radius 2 is 2.05 bits per heavy atom. The number of carbonyl (C=O) groups excluding carboxylic acids is 3. The van der Waals surface area contributed by atoms with E-state index in [0.717, 1.165) is 16.4 Å². The number of nitrogens with zero attached hydrogens (tertiary/aromatic N) is 2. The summed E-state index contributed by atoms with van der Waals surface area (Å²) in [4.78, 5) is 42.7. The van der Waals surface area contributed by atoms with Gasteiger partial charge < -0.3 is 5.32 Å². The quantitative estimate of drug-likeness (QED) is 0.626. The molecule has 7 nitrogen and oxygen atoms in total. The van der Waals surface area contributed by atoms with Crippen LogP contribution in [-0.2, 0) is 14.4 Å². The van der Waals surface area contributed by atoms with Crippen LogP contribution < -0.4 is 5.32 Å². The summed E-state index contributed by atoms with van der Waals surface area (Å²) in [5.74, 6) is -0.397. The van der Waals surface area contributed by atoms with Crippen LogP contribution in [0.15, 0.2) is 0 Å². The van der Waals surface area contributed by atoms with E-state index in [1.54, 1.807) is 0 Å². The van der Waals surface area contributed by atoms with Crippen LogP contribution in [0.3, 0.4) is 0 Å². The predicted octanol–water partition coefficient (Wildman–Crippen LogP) is 1.14. The molecule has 7 heteroatoms. The van der Waals surface area contributed by atoms with Gasteiger partial charge in [0.15, 0.2) is 0 Å². The minimum absolute atomic E-state index is 0.0239. The summed E-state index contributed by atoms with van der Waals surface area (Å²) in [6.07, 6.45) is 2.23. The number of imide groups is 1. The van der Waals surface area contributed by atoms with E-state index < -0.39 is 17.5 Å². The van der Waals surface area contributed by atoms with Gasteiger partial charge in [0.25, 0.3) is 11.8 Å². The third-order valence-corrected chi connectivity index (χ3v) is 4.54. The van der Waals surface area contributed by atoms with E-state index in [0.29, 0.717) is 18.8 Å². The first-order chi connectivity index (χ1) is 10.1. The molecule has 1 saturated carbocycles. The molecule has 2 fully saturated rings. The number of nitrogens with one attached hydrogen (secondary N) is 1. The molecule has 0 aromatic rings. The fourth-order valence-corrected chi connectivity index (χ4v) is 3.99. The normalized spacial score (nSPS) is 30.6. The van der Waals surface area contributed by atoms with Gasteiger partial charge in [0, 0.05) is 7.05 Å². The first kappa shape index (κ1) is 16.7. The second-order valence-electron chi connectivity index (χ2n) is 7.33. The average molecular weight is 311 g/mol. The number of hydroxylamine groups is 2. The fourth-order valence-electron chi connectivity index (χ4n) is 3.99. The molecule has 1 aliphatic carbocycles. The Labute approximate surface area is 130 Å². The van der Waals surface area contributed by atoms with Crippen LogP contribution in [0.1, 0.15) is 40.0 Å². The highest BCUT2D eigenvalue weighted by atomic mass is 16.7. The highest BCUT2D eigenvalue weighted by molar-refractivity contribution is 6.09. The molecule has 1 spiro atoms. The minimum Gasteiger partial charge on any atom is -0.323 e. The van der Waals surface area contributed by atoms with E-state index >= 15 is 0 Å². The number of urea groups is 1. The van der Waals surface area contributed by atoms with Gasteiger partial charge in [-0.05, 0) is 30.6 Å². The second-order valence-corrected chi connectivity index (χ2v) is 7.33. The molecular weight excluding hydrogens is 286 g/mol. The van der Waals surface area contributed by atoms with Crippen LogP contribution in [0.4, 0.5) is 4.79 Å². The molecule has 2 aliphatic rings. The lowest BCUT2D eigenvalue weighted by Gasteiger charge is -2.43. The van der Waals surface area contributed by atoms with Crippen molar-refractivity contribution in [2.45, 2.75) is 45.6 Å². The monoisotopic (exact) mass is 311 g/mol. The molecule has 2 rings (SSSR count). The summed E-state index contributed by atoms with van der Waals surface area (Å²) in [5, 5.41) is 3.86. The van der Waals surface area contributed by atoms with Gasteiger partial charge in [-0.2, -0.15) is 0 Å². The van der Waals surface area contributed by atoms with Crippen molar-refractivity contribution >= 4 is 17.8 Å². The zero-order chi connectivity index (χ0) is 16.7. The number of rotatable bonds is 3. The van der Waals surface area contributed by atoms with Crippen LogP contribution >= 0.6 is 0 Å². The van der Waals surface area contributed by atoms with Crippen molar-refractivity contribution in [1.29, 1.82) is 0 Å². The molecule has 1 saturated heterocycles. The molecule has 0 radical (unpaired) electrons. The lowest BCUT2D eigenvalue weighted by Crippen LogP contribution is -2.54. The van der Waals surface area contributed by atoms with E-state index in [9.17, 15) is 14.4 Å². The molecule has 22 heavy (non-hydrogen) atoms. The highest BCUT2D eigenvalue weighted by Gasteiger charge is 2.56. The smallest absolute Gasteiger partial charge is 0.323 e. The zero-order valence-electron chi connectivity index (χ0n) is 13.9. The summed E-state index contributed by atoms with van der Waals surface area (Å²) in [7, 11) is 2.80. The maximum Gasteiger partial charge on any atom is 0.325 e. The number of carbonyl (C=O) groups is 3. The Bertz CT molecular complexity index is 505. The number of amides is 4. The summed E-state index contributed by atoms with van der Waals surface area (Å²) in [5.41, 5.74) is -0.895. The van der Waals surface area contributed by atoms with Gasteiger partial charge in [0.05, 0.1) is 7.11 Å². The van der Waals surface area contributed by atoms with Crippen molar-refractivity contribution in [3.05, 3.63) is 0 Å². The summed E-state index contributed by atoms with van der Waals surface area (Å²) in [6.45, 7) is 6.01. The van der Waals surface area contributed by atoms with E-state index in [1.165, 1.54) is 14.2 Å². The topological polar surface area (TPSA) is 79.0 Å². The fraction of sp³-hybridized carbons (Fsp3) is 0.800. The SMILES string of the molecule is CON(C)C(=O)CN1C(=O)N[C@]2(C[C@@H](C)CC(C)(C)C2)C1=O. The van der Waals surface area contributed by atoms with Gasteiger partial charge in [0.1, 0.15) is 12.1 Å². The Morgan fingerprint density at radius 3 is 2.59 bits per heavy atom. The first-order valence-corrected chi connectivity index (χ1v) is 7.55. The largest absolute Gasteiger partial charge is 0.325 e. The van der Waals surface area contributed by atoms with Crippen LogP contribution in [-0.4, -0.2) is 54.0 Å². The van der Waals surface area contributed by atoms with Crippen molar-refractivity contribution < 1.29 is 19.2 Å². The van der Waals surface area contributed by atoms with Crippen molar-refractivity contribution in [3.63, 3.8) is 0 Å². The van der Waals surface area contributed by atoms with E-state index in [2.05, 4.69) is 26.1 Å². The van der Waals surface area contributed by atoms with Crippen LogP contribution in [0, 0.1) is 11.3 Å². The Morgan fingerprint density at radius 1 is 1.41 bits per heavy atom. The molecule has 1 heterocycles. The van der Waals surface area contributed by atoms with Gasteiger partial charge in [-0.3, -0.25) is 19.3 Å². The van der Waals surface area contributed by atoms with Crippen molar-refractivity contribution in [2.24, 2.45) is 11.3 Å². The molecule has 0 unspecified atom stereocenters. The lowest BCUT2D eigenvalue weighted by atomic mass is 9.64. The second kappa shape index (κ2) is 5.53. The van der Waals surface area contributed by atoms with Gasteiger partial charge >= 0.3 is 6.03 Å². The van der Waals surface area contributed by atoms with Crippen LogP contribution in [0.25, 0.3) is 0 Å². The third-order valence-electron chi connectivity index (χ3n) is 4.54. The molecule has 1 aliphatic heterocycles. The molecule has 0 bridgehead atoms. The van der Waals surface area contributed by atoms with E-state index in [4.69, 9.17) is 4.84 Å². The van der Waals surface area contributed by atoms with Gasteiger partial charge in [0.2, 0.25) is 0 Å². The lowest BCUT2D eigenvalue weighted by molar-refractivity contribution is -0.170. The van der Waals surface area contributed by atoms with Crippen LogP contribution in [0.2, 0.25) is 0 Å². The predicted molar refractivity (Wildman–Crippen MR) is 79.6 cm³/mol. The van der Waals surface area contributed by atoms with Gasteiger partial charge in [-0.1, -0.05) is 20.8 Å². The Hall–Kier alpha value is -1.63. The maximum atomic E-state index is 12.8. The summed E-state index contributed by atoms with van der Waals surface area (Å²) < 4.78 is 0. The molecule has 0 aromatic heterocycles. The van der Waals surface area contributed by atoms with E-state index in [-0.39, 0.29) is 17.9 Å². The summed E-state index contributed by atoms with van der Waals surface area (Å²) in [6, 6.07) is -0.493. The van der Waals surface area contributed by atoms with Crippen molar-refractivity contribution in [3.8, 4) is 0 Å². The molecule has 0 aromatic carbocycles.